The molecule has 1 aliphatic heterocycles. The summed E-state index contributed by atoms with van der Waals surface area (Å²) in [5, 5.41) is 0. The lowest BCUT2D eigenvalue weighted by Crippen LogP contribution is -2.50. The van der Waals surface area contributed by atoms with E-state index in [9.17, 15) is 13.2 Å². The standard InChI is InChI=1S/C14H23N3O3S2/c1-12-4-5-14(21-12)22(19,20)17-10-8-16(9-11-17)13(18)6-7-15(2)3/h4-5H,6-11H2,1-3H3. The predicted octanol–water partition coefficient (Wildman–Crippen LogP) is 0.841. The molecule has 0 atom stereocenters. The Morgan fingerprint density at radius 2 is 1.86 bits per heavy atom. The van der Waals surface area contributed by atoms with Gasteiger partial charge in [-0.25, -0.2) is 8.42 Å². The molecule has 6 nitrogen and oxygen atoms in total. The Kier molecular flexibility index (Phi) is 5.60. The van der Waals surface area contributed by atoms with E-state index in [-0.39, 0.29) is 5.91 Å². The Bertz CT molecular complexity index is 617. The van der Waals surface area contributed by atoms with Crippen molar-refractivity contribution >= 4 is 27.3 Å². The van der Waals surface area contributed by atoms with Gasteiger partial charge in [-0.05, 0) is 33.2 Å². The van der Waals surface area contributed by atoms with Gasteiger partial charge in [0, 0.05) is 44.0 Å². The minimum absolute atomic E-state index is 0.0951. The van der Waals surface area contributed by atoms with E-state index in [1.54, 1.807) is 11.0 Å². The molecular formula is C14H23N3O3S2. The van der Waals surface area contributed by atoms with Gasteiger partial charge in [-0.1, -0.05) is 0 Å². The van der Waals surface area contributed by atoms with Gasteiger partial charge in [0.1, 0.15) is 4.21 Å². The lowest BCUT2D eigenvalue weighted by Gasteiger charge is -2.34. The highest BCUT2D eigenvalue weighted by atomic mass is 32.2. The summed E-state index contributed by atoms with van der Waals surface area (Å²) in [6.07, 6.45) is 0.476. The van der Waals surface area contributed by atoms with E-state index in [4.69, 9.17) is 0 Å². The highest BCUT2D eigenvalue weighted by Gasteiger charge is 2.30. The van der Waals surface area contributed by atoms with E-state index in [2.05, 4.69) is 0 Å². The highest BCUT2D eigenvalue weighted by molar-refractivity contribution is 7.91. The van der Waals surface area contributed by atoms with Gasteiger partial charge in [-0.3, -0.25) is 4.79 Å². The van der Waals surface area contributed by atoms with Crippen LogP contribution in [0.25, 0.3) is 0 Å². The van der Waals surface area contributed by atoms with Crippen molar-refractivity contribution in [2.75, 3.05) is 46.8 Å². The van der Waals surface area contributed by atoms with E-state index in [0.29, 0.717) is 43.4 Å². The first kappa shape index (κ1) is 17.4. The van der Waals surface area contributed by atoms with Crippen LogP contribution in [-0.4, -0.2) is 75.2 Å². The number of hydrogen-bond donors (Lipinski definition) is 0. The number of sulfonamides is 1. The average Bonchev–Trinajstić information content (AvgIpc) is 2.92. The van der Waals surface area contributed by atoms with Crippen molar-refractivity contribution in [2.24, 2.45) is 0 Å². The summed E-state index contributed by atoms with van der Waals surface area (Å²) in [6, 6.07) is 3.47. The van der Waals surface area contributed by atoms with Crippen LogP contribution in [0.5, 0.6) is 0 Å². The average molecular weight is 345 g/mol. The van der Waals surface area contributed by atoms with E-state index in [1.165, 1.54) is 15.6 Å². The summed E-state index contributed by atoms with van der Waals surface area (Å²) in [4.78, 5) is 16.8. The van der Waals surface area contributed by atoms with Gasteiger partial charge in [0.2, 0.25) is 5.91 Å². The number of hydrogen-bond acceptors (Lipinski definition) is 5. The Morgan fingerprint density at radius 1 is 1.23 bits per heavy atom. The summed E-state index contributed by atoms with van der Waals surface area (Å²) >= 11 is 1.29. The van der Waals surface area contributed by atoms with Crippen LogP contribution in [0.1, 0.15) is 11.3 Å². The molecule has 0 saturated carbocycles. The molecule has 1 aromatic heterocycles. The summed E-state index contributed by atoms with van der Waals surface area (Å²) in [5.41, 5.74) is 0. The smallest absolute Gasteiger partial charge is 0.252 e. The summed E-state index contributed by atoms with van der Waals surface area (Å²) in [7, 11) is 0.452. The number of rotatable bonds is 5. The highest BCUT2D eigenvalue weighted by Crippen LogP contribution is 2.25. The van der Waals surface area contributed by atoms with E-state index in [1.807, 2.05) is 32.0 Å². The molecule has 2 rings (SSSR count). The first-order valence-electron chi connectivity index (χ1n) is 7.30. The van der Waals surface area contributed by atoms with Crippen molar-refractivity contribution < 1.29 is 13.2 Å². The zero-order valence-corrected chi connectivity index (χ0v) is 14.9. The van der Waals surface area contributed by atoms with Crippen LogP contribution < -0.4 is 0 Å². The molecule has 8 heteroatoms. The van der Waals surface area contributed by atoms with Gasteiger partial charge in [-0.2, -0.15) is 4.31 Å². The SMILES string of the molecule is Cc1ccc(S(=O)(=O)N2CCN(C(=O)CCN(C)C)CC2)s1. The molecule has 1 amide bonds. The third kappa shape index (κ3) is 4.07. The summed E-state index contributed by atoms with van der Waals surface area (Å²) < 4.78 is 26.9. The number of carbonyl (C=O) groups excluding carboxylic acids is 1. The van der Waals surface area contributed by atoms with Gasteiger partial charge in [-0.15, -0.1) is 11.3 Å². The van der Waals surface area contributed by atoms with E-state index in [0.717, 1.165) is 4.88 Å². The monoisotopic (exact) mass is 345 g/mol. The fourth-order valence-electron chi connectivity index (χ4n) is 2.33. The van der Waals surface area contributed by atoms with Crippen LogP contribution in [0, 0.1) is 6.92 Å². The fourth-order valence-corrected chi connectivity index (χ4v) is 5.19. The van der Waals surface area contributed by atoms with Gasteiger partial charge < -0.3 is 9.80 Å². The quantitative estimate of drug-likeness (QED) is 0.793. The molecule has 1 saturated heterocycles. The molecule has 0 aromatic carbocycles. The van der Waals surface area contributed by atoms with Crippen molar-refractivity contribution in [3.8, 4) is 0 Å². The molecule has 0 aliphatic carbocycles. The van der Waals surface area contributed by atoms with E-state index < -0.39 is 10.0 Å². The molecular weight excluding hydrogens is 322 g/mol. The van der Waals surface area contributed by atoms with Crippen molar-refractivity contribution in [1.82, 2.24) is 14.1 Å². The lowest BCUT2D eigenvalue weighted by molar-refractivity contribution is -0.132. The van der Waals surface area contributed by atoms with Gasteiger partial charge in [0.05, 0.1) is 0 Å². The van der Waals surface area contributed by atoms with Gasteiger partial charge in [0.25, 0.3) is 10.0 Å². The van der Waals surface area contributed by atoms with Crippen molar-refractivity contribution in [1.29, 1.82) is 0 Å². The molecule has 1 aromatic rings. The molecule has 1 fully saturated rings. The molecule has 0 N–H and O–H groups in total. The third-order valence-corrected chi connectivity index (χ3v) is 7.04. The molecule has 22 heavy (non-hydrogen) atoms. The number of amides is 1. The first-order chi connectivity index (χ1) is 10.3. The zero-order chi connectivity index (χ0) is 16.3. The second-order valence-corrected chi connectivity index (χ2v) is 9.16. The molecule has 0 bridgehead atoms. The zero-order valence-electron chi connectivity index (χ0n) is 13.3. The maximum atomic E-state index is 12.5. The van der Waals surface area contributed by atoms with Crippen LogP contribution in [0.2, 0.25) is 0 Å². The number of aryl methyl sites for hydroxylation is 1. The van der Waals surface area contributed by atoms with Gasteiger partial charge in [0.15, 0.2) is 0 Å². The lowest BCUT2D eigenvalue weighted by atomic mass is 10.3. The van der Waals surface area contributed by atoms with Crippen LogP contribution in [-0.2, 0) is 14.8 Å². The maximum absolute atomic E-state index is 12.5. The van der Waals surface area contributed by atoms with Crippen LogP contribution >= 0.6 is 11.3 Å². The Hall–Kier alpha value is -0.960. The Labute approximate surface area is 136 Å². The minimum atomic E-state index is -3.41. The fraction of sp³-hybridized carbons (Fsp3) is 0.643. The molecule has 0 spiro atoms. The number of thiophene rings is 1. The molecule has 1 aliphatic rings. The van der Waals surface area contributed by atoms with Crippen molar-refractivity contribution in [2.45, 2.75) is 17.6 Å². The Balaban J connectivity index is 1.93. The first-order valence-corrected chi connectivity index (χ1v) is 9.55. The van der Waals surface area contributed by atoms with Crippen molar-refractivity contribution in [3.05, 3.63) is 17.0 Å². The molecule has 0 unspecified atom stereocenters. The van der Waals surface area contributed by atoms with E-state index >= 15 is 0 Å². The summed E-state index contributed by atoms with van der Waals surface area (Å²) in [6.45, 7) is 4.28. The van der Waals surface area contributed by atoms with Gasteiger partial charge >= 0.3 is 0 Å². The van der Waals surface area contributed by atoms with Crippen molar-refractivity contribution in [3.63, 3.8) is 0 Å². The topological polar surface area (TPSA) is 60.9 Å². The third-order valence-electron chi connectivity index (χ3n) is 3.67. The predicted molar refractivity (Wildman–Crippen MR) is 87.6 cm³/mol. The molecule has 2 heterocycles. The minimum Gasteiger partial charge on any atom is -0.340 e. The largest absolute Gasteiger partial charge is 0.340 e. The number of carbonyl (C=O) groups is 1. The normalized spacial score (nSPS) is 17.2. The molecule has 124 valence electrons. The Morgan fingerprint density at radius 3 is 2.36 bits per heavy atom. The number of piperazine rings is 1. The number of nitrogens with zero attached hydrogens (tertiary/aromatic N) is 3. The second-order valence-electron chi connectivity index (χ2n) is 5.70. The second kappa shape index (κ2) is 7.08. The van der Waals surface area contributed by atoms with Crippen LogP contribution in [0.15, 0.2) is 16.3 Å². The van der Waals surface area contributed by atoms with Crippen LogP contribution in [0.4, 0.5) is 0 Å². The summed E-state index contributed by atoms with van der Waals surface area (Å²) in [5.74, 6) is 0.0951. The van der Waals surface area contributed by atoms with Crippen LogP contribution in [0.3, 0.4) is 0 Å². The maximum Gasteiger partial charge on any atom is 0.252 e. The molecule has 0 radical (unpaired) electrons.